The van der Waals surface area contributed by atoms with E-state index in [2.05, 4.69) is 5.48 Å². The van der Waals surface area contributed by atoms with E-state index in [0.29, 0.717) is 0 Å². The van der Waals surface area contributed by atoms with Gasteiger partial charge in [-0.05, 0) is 45.1 Å². The molecule has 1 saturated heterocycles. The van der Waals surface area contributed by atoms with Gasteiger partial charge in [-0.15, -0.1) is 0 Å². The minimum atomic E-state index is -0.631. The van der Waals surface area contributed by atoms with Gasteiger partial charge in [0.15, 0.2) is 0 Å². The Morgan fingerprint density at radius 3 is 2.50 bits per heavy atom. The maximum absolute atomic E-state index is 11.3. The van der Waals surface area contributed by atoms with E-state index in [1.54, 1.807) is 20.8 Å². The van der Waals surface area contributed by atoms with Crippen LogP contribution in [0.25, 0.3) is 0 Å². The molecule has 0 atom stereocenters. The number of amides is 1. The molecule has 1 aliphatic heterocycles. The van der Waals surface area contributed by atoms with Crippen LogP contribution in [0, 0.1) is 5.41 Å². The molecule has 1 rings (SSSR count). The first-order valence-corrected chi connectivity index (χ1v) is 7.17. The van der Waals surface area contributed by atoms with Gasteiger partial charge < -0.3 is 9.53 Å². The highest BCUT2D eigenvalue weighted by molar-refractivity contribution is 7.99. The third kappa shape index (κ3) is 5.27. The highest BCUT2D eigenvalue weighted by atomic mass is 32.2. The Hall–Kier alpha value is -0.750. The van der Waals surface area contributed by atoms with E-state index < -0.39 is 17.1 Å². The summed E-state index contributed by atoms with van der Waals surface area (Å²) in [5.41, 5.74) is 1.20. The molecule has 104 valence electrons. The molecule has 0 radical (unpaired) electrons. The monoisotopic (exact) mass is 275 g/mol. The first-order chi connectivity index (χ1) is 8.37. The van der Waals surface area contributed by atoms with Gasteiger partial charge in [-0.2, -0.15) is 17.2 Å². The molecule has 0 aromatic carbocycles. The van der Waals surface area contributed by atoms with Gasteiger partial charge in [-0.1, -0.05) is 0 Å². The zero-order chi connectivity index (χ0) is 13.6. The molecule has 0 saturated carbocycles. The van der Waals surface area contributed by atoms with Gasteiger partial charge in [0.1, 0.15) is 11.9 Å². The number of carbonyl (C=O) groups excluding carboxylic acids is 2. The second-order valence-electron chi connectivity index (χ2n) is 5.49. The van der Waals surface area contributed by atoms with Crippen LogP contribution >= 0.6 is 11.8 Å². The third-order valence-electron chi connectivity index (χ3n) is 2.65. The summed E-state index contributed by atoms with van der Waals surface area (Å²) in [4.78, 5) is 27.6. The van der Waals surface area contributed by atoms with Gasteiger partial charge >= 0.3 is 6.09 Å². The van der Waals surface area contributed by atoms with Crippen LogP contribution < -0.4 is 5.48 Å². The second kappa shape index (κ2) is 6.43. The fourth-order valence-electron chi connectivity index (χ4n) is 1.61. The predicted molar refractivity (Wildman–Crippen MR) is 70.4 cm³/mol. The number of aldehydes is 1. The summed E-state index contributed by atoms with van der Waals surface area (Å²) in [6.07, 6.45) is 1.89. The van der Waals surface area contributed by atoms with Gasteiger partial charge in [0, 0.05) is 0 Å². The predicted octanol–water partition coefficient (Wildman–Crippen LogP) is 2.16. The minimum absolute atomic E-state index is 0.205. The van der Waals surface area contributed by atoms with Crippen molar-refractivity contribution in [1.29, 1.82) is 0 Å². The van der Waals surface area contributed by atoms with E-state index in [-0.39, 0.29) is 6.61 Å². The van der Waals surface area contributed by atoms with E-state index in [1.165, 1.54) is 0 Å². The van der Waals surface area contributed by atoms with Crippen molar-refractivity contribution in [3.05, 3.63) is 0 Å². The zero-order valence-electron chi connectivity index (χ0n) is 11.2. The number of rotatable bonds is 4. The molecule has 1 heterocycles. The molecular formula is C12H21NO4S. The highest BCUT2D eigenvalue weighted by Gasteiger charge is 2.33. The van der Waals surface area contributed by atoms with Gasteiger partial charge in [0.2, 0.25) is 0 Å². The SMILES string of the molecule is CC(C)(C)OC(=O)NOCC1(C=O)CCSCC1. The van der Waals surface area contributed by atoms with Gasteiger partial charge in [0.25, 0.3) is 0 Å². The lowest BCUT2D eigenvalue weighted by atomic mass is 9.85. The molecule has 0 aliphatic carbocycles. The summed E-state index contributed by atoms with van der Waals surface area (Å²) >= 11 is 1.83. The first-order valence-electron chi connectivity index (χ1n) is 6.02. The van der Waals surface area contributed by atoms with Gasteiger partial charge in [-0.3, -0.25) is 4.84 Å². The molecule has 6 heteroatoms. The first kappa shape index (κ1) is 15.3. The lowest BCUT2D eigenvalue weighted by Gasteiger charge is -2.31. The number of hydrogen-bond acceptors (Lipinski definition) is 5. The fraction of sp³-hybridized carbons (Fsp3) is 0.833. The Morgan fingerprint density at radius 2 is 2.00 bits per heavy atom. The van der Waals surface area contributed by atoms with Crippen LogP contribution in [0.15, 0.2) is 0 Å². The van der Waals surface area contributed by atoms with Crippen molar-refractivity contribution in [3.63, 3.8) is 0 Å². The lowest BCUT2D eigenvalue weighted by Crippen LogP contribution is -2.38. The molecule has 18 heavy (non-hydrogen) atoms. The van der Waals surface area contributed by atoms with Crippen molar-refractivity contribution in [2.75, 3.05) is 18.1 Å². The molecule has 0 aromatic rings. The summed E-state index contributed by atoms with van der Waals surface area (Å²) in [7, 11) is 0. The van der Waals surface area contributed by atoms with Crippen LogP contribution in [0.5, 0.6) is 0 Å². The number of ether oxygens (including phenoxy) is 1. The number of hydrogen-bond donors (Lipinski definition) is 1. The van der Waals surface area contributed by atoms with Crippen molar-refractivity contribution in [3.8, 4) is 0 Å². The smallest absolute Gasteiger partial charge is 0.431 e. The van der Waals surface area contributed by atoms with Crippen molar-refractivity contribution in [1.82, 2.24) is 5.48 Å². The van der Waals surface area contributed by atoms with E-state index in [1.807, 2.05) is 11.8 Å². The maximum atomic E-state index is 11.3. The van der Waals surface area contributed by atoms with Crippen LogP contribution in [0.3, 0.4) is 0 Å². The molecule has 1 N–H and O–H groups in total. The molecule has 1 fully saturated rings. The summed E-state index contributed by atoms with van der Waals surface area (Å²) in [6.45, 7) is 5.53. The van der Waals surface area contributed by atoms with E-state index >= 15 is 0 Å². The van der Waals surface area contributed by atoms with Crippen LogP contribution in [0.4, 0.5) is 4.79 Å². The Bertz CT molecular complexity index is 295. The Kier molecular flexibility index (Phi) is 5.47. The summed E-state index contributed by atoms with van der Waals surface area (Å²) in [6, 6.07) is 0. The van der Waals surface area contributed by atoms with Crippen molar-refractivity contribution in [2.45, 2.75) is 39.2 Å². The molecule has 0 spiro atoms. The lowest BCUT2D eigenvalue weighted by molar-refractivity contribution is -0.122. The number of nitrogens with one attached hydrogen (secondary N) is 1. The van der Waals surface area contributed by atoms with Crippen molar-refractivity contribution < 1.29 is 19.2 Å². The topological polar surface area (TPSA) is 64.6 Å². The Morgan fingerprint density at radius 1 is 1.39 bits per heavy atom. The molecular weight excluding hydrogens is 254 g/mol. The number of carbonyl (C=O) groups is 2. The van der Waals surface area contributed by atoms with Crippen LogP contribution in [0.2, 0.25) is 0 Å². The summed E-state index contributed by atoms with van der Waals surface area (Å²) in [5.74, 6) is 1.91. The quantitative estimate of drug-likeness (QED) is 0.629. The van der Waals surface area contributed by atoms with Crippen LogP contribution in [-0.2, 0) is 14.4 Å². The van der Waals surface area contributed by atoms with Gasteiger partial charge in [0.05, 0.1) is 12.0 Å². The Labute approximate surface area is 112 Å². The van der Waals surface area contributed by atoms with E-state index in [0.717, 1.165) is 30.6 Å². The van der Waals surface area contributed by atoms with Crippen LogP contribution in [0.1, 0.15) is 33.6 Å². The van der Waals surface area contributed by atoms with E-state index in [4.69, 9.17) is 9.57 Å². The maximum Gasteiger partial charge on any atom is 0.431 e. The summed E-state index contributed by atoms with van der Waals surface area (Å²) < 4.78 is 5.03. The van der Waals surface area contributed by atoms with E-state index in [9.17, 15) is 9.59 Å². The fourth-order valence-corrected chi connectivity index (χ4v) is 2.92. The molecule has 0 aromatic heterocycles. The Balaban J connectivity index is 2.31. The second-order valence-corrected chi connectivity index (χ2v) is 6.71. The third-order valence-corrected chi connectivity index (χ3v) is 3.64. The molecule has 0 unspecified atom stereocenters. The number of thioether (sulfide) groups is 1. The average molecular weight is 275 g/mol. The molecule has 5 nitrogen and oxygen atoms in total. The summed E-state index contributed by atoms with van der Waals surface area (Å²) in [5, 5.41) is 0. The van der Waals surface area contributed by atoms with Crippen molar-refractivity contribution in [2.24, 2.45) is 5.41 Å². The average Bonchev–Trinajstić information content (AvgIpc) is 2.28. The minimum Gasteiger partial charge on any atom is -0.442 e. The number of hydroxylamine groups is 1. The standard InChI is InChI=1S/C12H21NO4S/c1-11(2,3)17-10(15)13-16-9-12(8-14)4-6-18-7-5-12/h8H,4-7,9H2,1-3H3,(H,13,15). The molecule has 0 bridgehead atoms. The zero-order valence-corrected chi connectivity index (χ0v) is 12.0. The molecule has 1 amide bonds. The largest absolute Gasteiger partial charge is 0.442 e. The highest BCUT2D eigenvalue weighted by Crippen LogP contribution is 2.33. The van der Waals surface area contributed by atoms with Crippen LogP contribution in [-0.4, -0.2) is 36.1 Å². The normalized spacial score (nSPS) is 19.1. The van der Waals surface area contributed by atoms with Gasteiger partial charge in [-0.25, -0.2) is 4.79 Å². The molecule has 1 aliphatic rings. The van der Waals surface area contributed by atoms with Crippen molar-refractivity contribution >= 4 is 24.1 Å².